The molecule has 1 aromatic carbocycles. The third-order valence-electron chi connectivity index (χ3n) is 3.66. The van der Waals surface area contributed by atoms with E-state index in [0.717, 1.165) is 30.9 Å². The molecule has 0 radical (unpaired) electrons. The van der Waals surface area contributed by atoms with Gasteiger partial charge in [-0.05, 0) is 36.2 Å². The number of carbonyl (C=O) groups is 1. The van der Waals surface area contributed by atoms with Gasteiger partial charge in [-0.25, -0.2) is 0 Å². The van der Waals surface area contributed by atoms with Gasteiger partial charge < -0.3 is 15.0 Å². The highest BCUT2D eigenvalue weighted by atomic mass is 32.2. The molecule has 2 rings (SSSR count). The van der Waals surface area contributed by atoms with Gasteiger partial charge in [0.15, 0.2) is 0 Å². The Labute approximate surface area is 137 Å². The number of hydrogen-bond donors (Lipinski definition) is 1. The van der Waals surface area contributed by atoms with Crippen LogP contribution in [-0.4, -0.2) is 43.9 Å². The first kappa shape index (κ1) is 17.8. The summed E-state index contributed by atoms with van der Waals surface area (Å²) in [5, 5.41) is 2.58. The fraction of sp³-hybridized carbons (Fsp3) is 0.533. The lowest BCUT2D eigenvalue weighted by molar-refractivity contribution is -0.119. The third-order valence-corrected chi connectivity index (χ3v) is 4.39. The quantitative estimate of drug-likeness (QED) is 0.858. The zero-order valence-corrected chi connectivity index (χ0v) is 13.5. The molecule has 128 valence electrons. The summed E-state index contributed by atoms with van der Waals surface area (Å²) in [6.07, 6.45) is 0.893. The molecule has 0 aromatic heterocycles. The van der Waals surface area contributed by atoms with Gasteiger partial charge >= 0.3 is 5.51 Å². The Morgan fingerprint density at radius 2 is 2.26 bits per heavy atom. The predicted molar refractivity (Wildman–Crippen MR) is 84.8 cm³/mol. The summed E-state index contributed by atoms with van der Waals surface area (Å²) in [6.45, 7) is 2.02. The van der Waals surface area contributed by atoms with Crippen molar-refractivity contribution < 1.29 is 22.7 Å². The lowest BCUT2D eigenvalue weighted by Crippen LogP contribution is -2.32. The summed E-state index contributed by atoms with van der Waals surface area (Å²) in [6, 6.07) is 7.72. The number of carbonyl (C=O) groups excluding carboxylic acids is 1. The Morgan fingerprint density at radius 1 is 1.48 bits per heavy atom. The molecule has 1 aliphatic heterocycles. The molecular weight excluding hydrogens is 329 g/mol. The van der Waals surface area contributed by atoms with Crippen LogP contribution in [0.1, 0.15) is 6.42 Å². The zero-order chi connectivity index (χ0) is 16.9. The number of thioether (sulfide) groups is 1. The van der Waals surface area contributed by atoms with Crippen LogP contribution in [0.2, 0.25) is 0 Å². The van der Waals surface area contributed by atoms with Gasteiger partial charge in [0.25, 0.3) is 0 Å². The molecule has 1 aromatic rings. The van der Waals surface area contributed by atoms with Crippen LogP contribution in [0.3, 0.4) is 0 Å². The van der Waals surface area contributed by atoms with Crippen molar-refractivity contribution in [3.8, 4) is 5.75 Å². The highest BCUT2D eigenvalue weighted by molar-refractivity contribution is 8.00. The van der Waals surface area contributed by atoms with Crippen LogP contribution in [0.5, 0.6) is 5.75 Å². The molecular formula is C15H19F3N2O2S. The number of rotatable bonds is 6. The fourth-order valence-electron chi connectivity index (χ4n) is 2.50. The van der Waals surface area contributed by atoms with Crippen molar-refractivity contribution >= 4 is 23.4 Å². The number of amides is 1. The molecule has 0 aliphatic carbocycles. The van der Waals surface area contributed by atoms with Crippen molar-refractivity contribution in [2.75, 3.05) is 37.4 Å². The van der Waals surface area contributed by atoms with E-state index in [4.69, 9.17) is 4.74 Å². The smallest absolute Gasteiger partial charge is 0.442 e. The van der Waals surface area contributed by atoms with E-state index in [-0.39, 0.29) is 17.7 Å². The maximum Gasteiger partial charge on any atom is 0.442 e. The van der Waals surface area contributed by atoms with Gasteiger partial charge in [-0.3, -0.25) is 4.79 Å². The maximum absolute atomic E-state index is 12.0. The fourth-order valence-corrected chi connectivity index (χ4v) is 2.89. The summed E-state index contributed by atoms with van der Waals surface area (Å²) in [7, 11) is 1.61. The van der Waals surface area contributed by atoms with Gasteiger partial charge in [-0.15, -0.1) is 0 Å². The van der Waals surface area contributed by atoms with E-state index in [0.29, 0.717) is 6.54 Å². The molecule has 1 saturated heterocycles. The Morgan fingerprint density at radius 3 is 2.96 bits per heavy atom. The van der Waals surface area contributed by atoms with Gasteiger partial charge in [0, 0.05) is 31.4 Å². The van der Waals surface area contributed by atoms with Crippen molar-refractivity contribution in [1.82, 2.24) is 5.32 Å². The number of nitrogens with one attached hydrogen (secondary N) is 1. The van der Waals surface area contributed by atoms with Gasteiger partial charge in [-0.2, -0.15) is 13.2 Å². The van der Waals surface area contributed by atoms with Gasteiger partial charge in [0.1, 0.15) is 5.75 Å². The number of hydrogen-bond acceptors (Lipinski definition) is 4. The van der Waals surface area contributed by atoms with Crippen molar-refractivity contribution in [3.05, 3.63) is 24.3 Å². The highest BCUT2D eigenvalue weighted by Crippen LogP contribution is 2.30. The minimum absolute atomic E-state index is 0.237. The number of nitrogens with zero attached hydrogens (tertiary/aromatic N) is 1. The first-order chi connectivity index (χ1) is 10.9. The molecule has 23 heavy (non-hydrogen) atoms. The van der Waals surface area contributed by atoms with Crippen LogP contribution in [0, 0.1) is 5.92 Å². The normalized spacial score (nSPS) is 18.1. The minimum Gasteiger partial charge on any atom is -0.497 e. The summed E-state index contributed by atoms with van der Waals surface area (Å²) in [5.41, 5.74) is -3.32. The van der Waals surface area contributed by atoms with E-state index >= 15 is 0 Å². The van der Waals surface area contributed by atoms with E-state index in [9.17, 15) is 18.0 Å². The number of benzene rings is 1. The van der Waals surface area contributed by atoms with Crippen LogP contribution in [0.4, 0.5) is 18.9 Å². The second-order valence-electron chi connectivity index (χ2n) is 5.34. The Bertz CT molecular complexity index is 540. The first-order valence-electron chi connectivity index (χ1n) is 7.24. The minimum atomic E-state index is -4.37. The maximum atomic E-state index is 12.0. The molecule has 0 saturated carbocycles. The molecule has 1 aliphatic rings. The molecule has 1 amide bonds. The molecule has 0 spiro atoms. The molecule has 1 N–H and O–H groups in total. The van der Waals surface area contributed by atoms with E-state index in [2.05, 4.69) is 10.2 Å². The van der Waals surface area contributed by atoms with Crippen LogP contribution in [0.25, 0.3) is 0 Å². The topological polar surface area (TPSA) is 41.6 Å². The third kappa shape index (κ3) is 5.85. The summed E-state index contributed by atoms with van der Waals surface area (Å²) in [5.74, 6) is -0.146. The SMILES string of the molecule is COc1cccc(N2CC[C@@H](CNC(=O)CSC(F)(F)F)C2)c1. The van der Waals surface area contributed by atoms with Crippen molar-refractivity contribution in [2.24, 2.45) is 5.92 Å². The monoisotopic (exact) mass is 348 g/mol. The van der Waals surface area contributed by atoms with Crippen molar-refractivity contribution in [1.29, 1.82) is 0 Å². The molecule has 1 atom stereocenters. The Kier molecular flexibility index (Phi) is 6.04. The number of alkyl halides is 3. The molecule has 1 fully saturated rings. The lowest BCUT2D eigenvalue weighted by Gasteiger charge is -2.19. The molecule has 0 bridgehead atoms. The average molecular weight is 348 g/mol. The molecule has 0 unspecified atom stereocenters. The van der Waals surface area contributed by atoms with Gasteiger partial charge in [-0.1, -0.05) is 6.07 Å². The average Bonchev–Trinajstić information content (AvgIpc) is 2.99. The number of anilines is 1. The predicted octanol–water partition coefficient (Wildman–Crippen LogP) is 2.89. The van der Waals surface area contributed by atoms with E-state index in [1.807, 2.05) is 24.3 Å². The van der Waals surface area contributed by atoms with Crippen LogP contribution in [-0.2, 0) is 4.79 Å². The Balaban J connectivity index is 1.76. The van der Waals surface area contributed by atoms with E-state index < -0.39 is 17.2 Å². The second kappa shape index (κ2) is 7.81. The van der Waals surface area contributed by atoms with Crippen molar-refractivity contribution in [3.63, 3.8) is 0 Å². The first-order valence-corrected chi connectivity index (χ1v) is 8.22. The number of methoxy groups -OCH3 is 1. The van der Waals surface area contributed by atoms with Gasteiger partial charge in [0.2, 0.25) is 5.91 Å². The van der Waals surface area contributed by atoms with Crippen LogP contribution in [0.15, 0.2) is 24.3 Å². The Hall–Kier alpha value is -1.57. The lowest BCUT2D eigenvalue weighted by atomic mass is 10.1. The van der Waals surface area contributed by atoms with Crippen LogP contribution < -0.4 is 15.0 Å². The molecule has 1 heterocycles. The van der Waals surface area contributed by atoms with E-state index in [1.165, 1.54) is 0 Å². The summed E-state index contributed by atoms with van der Waals surface area (Å²) in [4.78, 5) is 13.6. The summed E-state index contributed by atoms with van der Waals surface area (Å²) < 4.78 is 41.3. The largest absolute Gasteiger partial charge is 0.497 e. The van der Waals surface area contributed by atoms with Crippen LogP contribution >= 0.6 is 11.8 Å². The highest BCUT2D eigenvalue weighted by Gasteiger charge is 2.29. The molecule has 4 nitrogen and oxygen atoms in total. The second-order valence-corrected chi connectivity index (χ2v) is 6.38. The zero-order valence-electron chi connectivity index (χ0n) is 12.7. The van der Waals surface area contributed by atoms with E-state index in [1.54, 1.807) is 7.11 Å². The summed E-state index contributed by atoms with van der Waals surface area (Å²) >= 11 is -0.311. The number of ether oxygens (including phenoxy) is 1. The standard InChI is InChI=1S/C15H19F3N2O2S/c1-22-13-4-2-3-12(7-13)20-6-5-11(9-20)8-19-14(21)10-23-15(16,17)18/h2-4,7,11H,5-6,8-10H2,1H3,(H,19,21)/t11-/m0/s1. The number of halogens is 3. The van der Waals surface area contributed by atoms with Crippen molar-refractivity contribution in [2.45, 2.75) is 11.9 Å². The van der Waals surface area contributed by atoms with Gasteiger partial charge in [0.05, 0.1) is 12.9 Å². The molecule has 8 heteroatoms.